The number of hydrogen-bond donors (Lipinski definition) is 0. The Kier molecular flexibility index (Phi) is 10.7. The van der Waals surface area contributed by atoms with Gasteiger partial charge in [-0.15, -0.1) is 0 Å². The van der Waals surface area contributed by atoms with Crippen molar-refractivity contribution in [3.05, 3.63) is 136 Å². The summed E-state index contributed by atoms with van der Waals surface area (Å²) < 4.78 is 0. The van der Waals surface area contributed by atoms with Gasteiger partial charge in [-0.25, -0.2) is 0 Å². The summed E-state index contributed by atoms with van der Waals surface area (Å²) in [6.45, 7) is 3.56. The molecule has 1 heterocycles. The molecular weight excluding hydrogens is 593 g/mol. The van der Waals surface area contributed by atoms with Crippen molar-refractivity contribution >= 4 is 34.9 Å². The van der Waals surface area contributed by atoms with Crippen LogP contribution >= 0.6 is 11.6 Å². The average Bonchev–Trinajstić information content (AvgIpc) is 3.45. The van der Waals surface area contributed by atoms with Gasteiger partial charge in [0.25, 0.3) is 0 Å². The van der Waals surface area contributed by atoms with Gasteiger partial charge in [0.05, 0.1) is 17.4 Å². The number of likely N-dealkylation sites (tertiary alicyclic amines) is 1. The molecule has 0 radical (unpaired) electrons. The fraction of sp³-hybridized carbons (Fsp3) is 0.206. The van der Waals surface area contributed by atoms with Gasteiger partial charge in [-0.05, 0) is 67.1 Å². The Hall–Kier alpha value is -3.77. The first-order valence-electron chi connectivity index (χ1n) is 13.6. The molecule has 0 bridgehead atoms. The van der Waals surface area contributed by atoms with E-state index in [0.29, 0.717) is 39.7 Å². The number of benzene rings is 4. The SMILES string of the molecule is Cc1ccccc1CN1CCCC1C([O-])=Nc1ccc(Cl)cc1C(=N[C@@H](C(=O)[O-])c1ccccc1)c1ccccc1.[Ni+2]. The monoisotopic (exact) mass is 621 g/mol. The second-order valence-corrected chi connectivity index (χ2v) is 10.6. The number of carboxylic acids is 1. The molecule has 8 heteroatoms. The third kappa shape index (κ3) is 7.35. The Morgan fingerprint density at radius 1 is 0.952 bits per heavy atom. The molecular formula is C34H30ClN3NiO3. The molecule has 4 aromatic rings. The second-order valence-electron chi connectivity index (χ2n) is 10.1. The molecule has 4 aromatic carbocycles. The Labute approximate surface area is 261 Å². The van der Waals surface area contributed by atoms with Gasteiger partial charge in [0, 0.05) is 28.7 Å². The molecule has 0 saturated carbocycles. The van der Waals surface area contributed by atoms with Gasteiger partial charge in [-0.3, -0.25) is 14.9 Å². The molecule has 1 fully saturated rings. The zero-order valence-electron chi connectivity index (χ0n) is 23.1. The molecule has 6 nitrogen and oxygen atoms in total. The van der Waals surface area contributed by atoms with Gasteiger partial charge in [0.1, 0.15) is 6.04 Å². The number of nitrogens with zero attached hydrogens (tertiary/aromatic N) is 3. The largest absolute Gasteiger partial charge is 2.00 e. The van der Waals surface area contributed by atoms with Crippen molar-refractivity contribution in [3.8, 4) is 0 Å². The maximum absolute atomic E-state index is 13.7. The molecule has 216 valence electrons. The van der Waals surface area contributed by atoms with Gasteiger partial charge in [-0.2, -0.15) is 0 Å². The summed E-state index contributed by atoms with van der Waals surface area (Å²) in [7, 11) is 0. The van der Waals surface area contributed by atoms with Crippen LogP contribution in [0.5, 0.6) is 0 Å². The molecule has 2 atom stereocenters. The third-order valence-corrected chi connectivity index (χ3v) is 7.61. The number of carboxylic acid groups (broad SMARTS) is 1. The Morgan fingerprint density at radius 2 is 1.62 bits per heavy atom. The normalized spacial score (nSPS) is 16.6. The summed E-state index contributed by atoms with van der Waals surface area (Å²) in [6, 6.07) is 29.5. The van der Waals surface area contributed by atoms with Crippen molar-refractivity contribution in [2.24, 2.45) is 9.98 Å². The van der Waals surface area contributed by atoms with Crippen molar-refractivity contribution in [2.45, 2.75) is 38.4 Å². The summed E-state index contributed by atoms with van der Waals surface area (Å²) in [4.78, 5) is 23.7. The van der Waals surface area contributed by atoms with Crippen LogP contribution in [0.3, 0.4) is 0 Å². The second kappa shape index (κ2) is 14.4. The average molecular weight is 623 g/mol. The minimum Gasteiger partial charge on any atom is -0.861 e. The zero-order valence-corrected chi connectivity index (χ0v) is 24.8. The summed E-state index contributed by atoms with van der Waals surface area (Å²) in [6.07, 6.45) is 1.63. The van der Waals surface area contributed by atoms with Crippen molar-refractivity contribution in [1.82, 2.24) is 4.90 Å². The van der Waals surface area contributed by atoms with E-state index in [0.717, 1.165) is 19.4 Å². The van der Waals surface area contributed by atoms with Crippen LogP contribution in [-0.2, 0) is 27.8 Å². The molecule has 1 aliphatic rings. The number of rotatable bonds is 9. The van der Waals surface area contributed by atoms with Gasteiger partial charge in [0.15, 0.2) is 0 Å². The molecule has 0 N–H and O–H groups in total. The maximum atomic E-state index is 13.7. The fourth-order valence-corrected chi connectivity index (χ4v) is 5.39. The predicted molar refractivity (Wildman–Crippen MR) is 159 cm³/mol. The first-order valence-corrected chi connectivity index (χ1v) is 14.0. The van der Waals surface area contributed by atoms with Crippen LogP contribution < -0.4 is 10.2 Å². The van der Waals surface area contributed by atoms with Crippen molar-refractivity contribution < 1.29 is 31.5 Å². The first-order chi connectivity index (χ1) is 19.9. The van der Waals surface area contributed by atoms with Crippen molar-refractivity contribution in [2.75, 3.05) is 6.54 Å². The van der Waals surface area contributed by atoms with Gasteiger partial charge >= 0.3 is 16.5 Å². The molecule has 0 amide bonds. The number of aryl methyl sites for hydroxylation is 1. The van der Waals surface area contributed by atoms with Gasteiger partial charge < -0.3 is 15.0 Å². The Balaban J connectivity index is 0.00000405. The maximum Gasteiger partial charge on any atom is 2.00 e. The van der Waals surface area contributed by atoms with Gasteiger partial charge in [0.2, 0.25) is 0 Å². The Bertz CT molecular complexity index is 1580. The van der Waals surface area contributed by atoms with E-state index in [1.807, 2.05) is 48.5 Å². The Morgan fingerprint density at radius 3 is 2.31 bits per heavy atom. The molecule has 42 heavy (non-hydrogen) atoms. The van der Waals surface area contributed by atoms with E-state index in [4.69, 9.17) is 11.6 Å². The first kappa shape index (κ1) is 31.2. The molecule has 0 spiro atoms. The molecule has 1 unspecified atom stereocenters. The number of hydrogen-bond acceptors (Lipinski definition) is 6. The number of carbonyl (C=O) groups is 1. The van der Waals surface area contributed by atoms with E-state index in [-0.39, 0.29) is 28.4 Å². The zero-order chi connectivity index (χ0) is 28.8. The number of halogens is 1. The summed E-state index contributed by atoms with van der Waals surface area (Å²) in [5.41, 5.74) is 4.75. The minimum absolute atomic E-state index is 0. The number of aliphatic carboxylic acids is 1. The smallest absolute Gasteiger partial charge is 0.861 e. The number of aliphatic imine (C=N–C) groups is 2. The molecule has 0 aromatic heterocycles. The van der Waals surface area contributed by atoms with Crippen LogP contribution in [0, 0.1) is 6.92 Å². The van der Waals surface area contributed by atoms with Crippen molar-refractivity contribution in [3.63, 3.8) is 0 Å². The van der Waals surface area contributed by atoms with E-state index in [1.54, 1.807) is 42.5 Å². The van der Waals surface area contributed by atoms with Crippen LogP contribution in [0.4, 0.5) is 5.69 Å². The molecule has 5 rings (SSSR count). The van der Waals surface area contributed by atoms with E-state index < -0.39 is 12.0 Å². The standard InChI is InChI=1S/C34H32ClN3O3.Ni/c1-23-11-8-9-16-26(23)22-38-20-10-17-30(38)33(39)36-29-19-18-27(35)21-28(29)31(24-12-4-2-5-13-24)37-32(34(40)41)25-14-6-3-7-15-25;/h2-9,11-16,18-19,21,30,32H,10,17,20,22H2,1H3,(H,36,39)(H,40,41);/q;+2/p-2/t30?,32-;/m1./s1. The van der Waals surface area contributed by atoms with E-state index in [9.17, 15) is 15.0 Å². The molecule has 0 aliphatic carbocycles. The topological polar surface area (TPSA) is 91.2 Å². The summed E-state index contributed by atoms with van der Waals surface area (Å²) in [5.74, 6) is -1.58. The third-order valence-electron chi connectivity index (χ3n) is 7.37. The quantitative estimate of drug-likeness (QED) is 0.149. The van der Waals surface area contributed by atoms with E-state index in [1.165, 1.54) is 11.1 Å². The molecule has 1 saturated heterocycles. The summed E-state index contributed by atoms with van der Waals surface area (Å²) in [5, 5.41) is 26.4. The number of carbonyl (C=O) groups excluding carboxylic acids is 1. The minimum atomic E-state index is -1.33. The molecule has 1 aliphatic heterocycles. The van der Waals surface area contributed by atoms with Crippen LogP contribution in [0.1, 0.15) is 46.7 Å². The fourth-order valence-electron chi connectivity index (χ4n) is 5.21. The summed E-state index contributed by atoms with van der Waals surface area (Å²) >= 11 is 6.44. The van der Waals surface area contributed by atoms with Crippen LogP contribution in [0.25, 0.3) is 0 Å². The van der Waals surface area contributed by atoms with Crippen LogP contribution in [0.15, 0.2) is 113 Å². The van der Waals surface area contributed by atoms with E-state index in [2.05, 4.69) is 33.9 Å². The van der Waals surface area contributed by atoms with E-state index >= 15 is 0 Å². The van der Waals surface area contributed by atoms with Crippen LogP contribution in [-0.4, -0.2) is 35.1 Å². The van der Waals surface area contributed by atoms with Crippen molar-refractivity contribution in [1.29, 1.82) is 0 Å². The predicted octanol–water partition coefficient (Wildman–Crippen LogP) is 5.03. The van der Waals surface area contributed by atoms with Crippen LogP contribution in [0.2, 0.25) is 5.02 Å². The van der Waals surface area contributed by atoms with Gasteiger partial charge in [-0.1, -0.05) is 96.5 Å².